The van der Waals surface area contributed by atoms with Crippen molar-refractivity contribution in [1.29, 1.82) is 0 Å². The summed E-state index contributed by atoms with van der Waals surface area (Å²) in [6, 6.07) is 33.2. The number of carbonyl (C=O) groups excluding carboxylic acids is 1. The normalized spacial score (nSPS) is 21.8. The zero-order valence-corrected chi connectivity index (χ0v) is 20.0. The van der Waals surface area contributed by atoms with E-state index in [1.54, 1.807) is 54.6 Å². The Hall–Kier alpha value is -3.74. The molecule has 0 unspecified atom stereocenters. The van der Waals surface area contributed by atoms with Gasteiger partial charge in [0.25, 0.3) is 10.0 Å². The fourth-order valence-electron chi connectivity index (χ4n) is 5.09. The molecule has 0 amide bonds. The van der Waals surface area contributed by atoms with E-state index in [9.17, 15) is 18.3 Å². The standard InChI is InChI=1S/C29H25NO4S/c1-29(32)27(28(31)22-15-7-3-8-16-22)26(21-13-5-2-6-14-21)24-19-11-12-20-25(24)30(29)35(33,34)23-17-9-4-10-18-23/h2-20,26-27,32H,1H3/t26-,27-,29+/m1/s1. The van der Waals surface area contributed by atoms with Crippen LogP contribution in [0.25, 0.3) is 0 Å². The summed E-state index contributed by atoms with van der Waals surface area (Å²) in [6.07, 6.45) is 0. The van der Waals surface area contributed by atoms with Gasteiger partial charge in [0.1, 0.15) is 0 Å². The molecular weight excluding hydrogens is 458 g/mol. The van der Waals surface area contributed by atoms with Crippen molar-refractivity contribution in [3.63, 3.8) is 0 Å². The lowest BCUT2D eigenvalue weighted by Crippen LogP contribution is -2.61. The Bertz CT molecular complexity index is 1450. The van der Waals surface area contributed by atoms with Crippen molar-refractivity contribution < 1.29 is 18.3 Å². The smallest absolute Gasteiger partial charge is 0.266 e. The van der Waals surface area contributed by atoms with Crippen LogP contribution in [0.2, 0.25) is 0 Å². The van der Waals surface area contributed by atoms with E-state index in [2.05, 4.69) is 0 Å². The zero-order valence-electron chi connectivity index (χ0n) is 19.2. The first-order valence-corrected chi connectivity index (χ1v) is 12.8. The molecule has 0 saturated carbocycles. The Morgan fingerprint density at radius 2 is 1.29 bits per heavy atom. The molecule has 1 N–H and O–H groups in total. The number of Topliss-reactive ketones (excluding diaryl/α,β-unsaturated/α-hetero) is 1. The molecule has 0 fully saturated rings. The lowest BCUT2D eigenvalue weighted by atomic mass is 9.69. The highest BCUT2D eigenvalue weighted by Crippen LogP contribution is 2.52. The summed E-state index contributed by atoms with van der Waals surface area (Å²) in [4.78, 5) is 14.1. The summed E-state index contributed by atoms with van der Waals surface area (Å²) in [7, 11) is -4.21. The minimum absolute atomic E-state index is 0.0409. The van der Waals surface area contributed by atoms with Crippen LogP contribution in [0.1, 0.15) is 34.3 Å². The average Bonchev–Trinajstić information content (AvgIpc) is 2.88. The van der Waals surface area contributed by atoms with Crippen molar-refractivity contribution in [3.05, 3.63) is 132 Å². The fourth-order valence-corrected chi connectivity index (χ4v) is 6.82. The van der Waals surface area contributed by atoms with E-state index in [-0.39, 0.29) is 10.7 Å². The molecule has 35 heavy (non-hydrogen) atoms. The van der Waals surface area contributed by atoms with Gasteiger partial charge in [-0.1, -0.05) is 97.1 Å². The molecule has 0 aromatic heterocycles. The van der Waals surface area contributed by atoms with Gasteiger partial charge in [0.05, 0.1) is 16.5 Å². The fraction of sp³-hybridized carbons (Fsp3) is 0.138. The summed E-state index contributed by atoms with van der Waals surface area (Å²) in [5.74, 6) is -1.98. The van der Waals surface area contributed by atoms with Crippen LogP contribution in [-0.2, 0) is 10.0 Å². The molecule has 0 radical (unpaired) electrons. The molecule has 176 valence electrons. The minimum Gasteiger partial charge on any atom is -0.369 e. The molecule has 0 spiro atoms. The van der Waals surface area contributed by atoms with Crippen LogP contribution in [0.5, 0.6) is 0 Å². The highest BCUT2D eigenvalue weighted by atomic mass is 32.2. The number of nitrogens with zero attached hydrogens (tertiary/aromatic N) is 1. The highest BCUT2D eigenvalue weighted by Gasteiger charge is 2.56. The van der Waals surface area contributed by atoms with E-state index >= 15 is 0 Å². The van der Waals surface area contributed by atoms with Crippen LogP contribution in [0.15, 0.2) is 120 Å². The van der Waals surface area contributed by atoms with Crippen LogP contribution >= 0.6 is 0 Å². The van der Waals surface area contributed by atoms with Crippen molar-refractivity contribution in [2.45, 2.75) is 23.5 Å². The Balaban J connectivity index is 1.80. The second kappa shape index (κ2) is 8.80. The van der Waals surface area contributed by atoms with E-state index in [0.29, 0.717) is 16.8 Å². The van der Waals surface area contributed by atoms with Crippen molar-refractivity contribution in [1.82, 2.24) is 0 Å². The first-order valence-electron chi connectivity index (χ1n) is 11.4. The molecule has 0 aliphatic carbocycles. The average molecular weight is 484 g/mol. The van der Waals surface area contributed by atoms with E-state index in [1.807, 2.05) is 48.5 Å². The highest BCUT2D eigenvalue weighted by molar-refractivity contribution is 7.93. The molecule has 1 aliphatic heterocycles. The third kappa shape index (κ3) is 3.85. The number of aliphatic hydroxyl groups is 1. The van der Waals surface area contributed by atoms with E-state index in [0.717, 1.165) is 9.87 Å². The summed E-state index contributed by atoms with van der Waals surface area (Å²) >= 11 is 0. The topological polar surface area (TPSA) is 74.7 Å². The zero-order chi connectivity index (χ0) is 24.6. The molecule has 4 aromatic rings. The number of carbonyl (C=O) groups is 1. The first-order chi connectivity index (χ1) is 16.8. The molecule has 3 atom stereocenters. The Morgan fingerprint density at radius 3 is 1.91 bits per heavy atom. The predicted molar refractivity (Wildman–Crippen MR) is 136 cm³/mol. The van der Waals surface area contributed by atoms with Gasteiger partial charge in [-0.15, -0.1) is 0 Å². The van der Waals surface area contributed by atoms with Gasteiger partial charge in [0, 0.05) is 11.5 Å². The van der Waals surface area contributed by atoms with Crippen LogP contribution in [0.3, 0.4) is 0 Å². The Kier molecular flexibility index (Phi) is 5.79. The van der Waals surface area contributed by atoms with Gasteiger partial charge in [-0.25, -0.2) is 12.7 Å². The van der Waals surface area contributed by atoms with Gasteiger partial charge >= 0.3 is 0 Å². The number of hydrogen-bond acceptors (Lipinski definition) is 4. The predicted octanol–water partition coefficient (Wildman–Crippen LogP) is 5.24. The molecule has 5 nitrogen and oxygen atoms in total. The van der Waals surface area contributed by atoms with Crippen LogP contribution < -0.4 is 4.31 Å². The van der Waals surface area contributed by atoms with Crippen LogP contribution in [0.4, 0.5) is 5.69 Å². The van der Waals surface area contributed by atoms with Gasteiger partial charge in [0.2, 0.25) is 0 Å². The van der Waals surface area contributed by atoms with Crippen molar-refractivity contribution >= 4 is 21.5 Å². The van der Waals surface area contributed by atoms with Crippen molar-refractivity contribution in [2.75, 3.05) is 4.31 Å². The number of benzene rings is 4. The summed E-state index contributed by atoms with van der Waals surface area (Å²) in [5, 5.41) is 12.1. The van der Waals surface area contributed by atoms with Crippen LogP contribution in [0, 0.1) is 5.92 Å². The maximum Gasteiger partial charge on any atom is 0.266 e. The number of sulfonamides is 1. The molecular formula is C29H25NO4S. The number of rotatable bonds is 5. The second-order valence-corrected chi connectivity index (χ2v) is 10.6. The van der Waals surface area contributed by atoms with Gasteiger partial charge in [-0.3, -0.25) is 4.79 Å². The third-order valence-electron chi connectivity index (χ3n) is 6.61. The van der Waals surface area contributed by atoms with Gasteiger partial charge in [-0.05, 0) is 36.2 Å². The molecule has 1 aliphatic rings. The monoisotopic (exact) mass is 483 g/mol. The number of fused-ring (bicyclic) bond motifs is 1. The number of hydrogen-bond donors (Lipinski definition) is 1. The van der Waals surface area contributed by atoms with Crippen LogP contribution in [-0.4, -0.2) is 25.0 Å². The summed E-state index contributed by atoms with van der Waals surface area (Å²) < 4.78 is 29.0. The largest absolute Gasteiger partial charge is 0.369 e. The molecule has 1 heterocycles. The number of anilines is 1. The van der Waals surface area contributed by atoms with E-state index < -0.39 is 27.6 Å². The Labute approximate surface area is 205 Å². The summed E-state index contributed by atoms with van der Waals surface area (Å²) in [5.41, 5.74) is 0.198. The number of ketones is 1. The van der Waals surface area contributed by atoms with E-state index in [4.69, 9.17) is 0 Å². The molecule has 4 aromatic carbocycles. The number of para-hydroxylation sites is 1. The summed E-state index contributed by atoms with van der Waals surface area (Å²) in [6.45, 7) is 1.42. The quantitative estimate of drug-likeness (QED) is 0.394. The third-order valence-corrected chi connectivity index (χ3v) is 8.52. The van der Waals surface area contributed by atoms with Crippen molar-refractivity contribution in [2.24, 2.45) is 5.92 Å². The molecule has 0 saturated heterocycles. The Morgan fingerprint density at radius 1 is 0.771 bits per heavy atom. The van der Waals surface area contributed by atoms with Gasteiger partial charge < -0.3 is 5.11 Å². The molecule has 5 rings (SSSR count). The van der Waals surface area contributed by atoms with Gasteiger partial charge in [-0.2, -0.15) is 0 Å². The molecule has 0 bridgehead atoms. The van der Waals surface area contributed by atoms with Crippen molar-refractivity contribution in [3.8, 4) is 0 Å². The van der Waals surface area contributed by atoms with E-state index in [1.165, 1.54) is 19.1 Å². The minimum atomic E-state index is -4.21. The first kappa shape index (κ1) is 23.0. The maximum atomic E-state index is 14.0. The molecule has 6 heteroatoms. The van der Waals surface area contributed by atoms with Gasteiger partial charge in [0.15, 0.2) is 11.5 Å². The SMILES string of the molecule is C[C@]1(O)[C@@H](C(=O)c2ccccc2)[C@H](c2ccccc2)c2ccccc2N1S(=O)(=O)c1ccccc1. The maximum absolute atomic E-state index is 14.0. The lowest BCUT2D eigenvalue weighted by molar-refractivity contribution is 0.00403. The lowest BCUT2D eigenvalue weighted by Gasteiger charge is -2.50. The second-order valence-electron chi connectivity index (χ2n) is 8.83.